The van der Waals surface area contributed by atoms with Gasteiger partial charge in [-0.3, -0.25) is 0 Å². The van der Waals surface area contributed by atoms with Gasteiger partial charge in [-0.25, -0.2) is 0 Å². The van der Waals surface area contributed by atoms with Crippen LogP contribution in [0.4, 0.5) is 34.1 Å². The molecule has 16 aromatic carbocycles. The maximum Gasteiger partial charge on any atom is 0.137 e. The second kappa shape index (κ2) is 19.6. The minimum absolute atomic E-state index is 0.815. The molecule has 0 saturated carbocycles. The molecule has 20 aromatic rings. The topological polar surface area (TPSA) is 42.6 Å². The average molecular weight is 1170 g/mol. The van der Waals surface area contributed by atoms with E-state index < -0.39 is 0 Å². The van der Waals surface area contributed by atoms with E-state index in [0.717, 1.165) is 122 Å². The Labute approximate surface area is 527 Å². The molecule has 6 nitrogen and oxygen atoms in total. The van der Waals surface area contributed by atoms with Gasteiger partial charge in [0.15, 0.2) is 0 Å². The molecule has 428 valence electrons. The second-order valence-corrected chi connectivity index (χ2v) is 24.3. The summed E-state index contributed by atoms with van der Waals surface area (Å²) >= 11 is 0. The Balaban J connectivity index is 0.730. The summed E-state index contributed by atoms with van der Waals surface area (Å²) in [6.07, 6.45) is 0. The predicted octanol–water partition coefficient (Wildman–Crippen LogP) is 24.4. The van der Waals surface area contributed by atoms with Crippen LogP contribution in [0.15, 0.2) is 324 Å². The van der Waals surface area contributed by atoms with Crippen molar-refractivity contribution in [1.82, 2.24) is 9.13 Å². The van der Waals surface area contributed by atoms with Crippen LogP contribution < -0.4 is 9.80 Å². The lowest BCUT2D eigenvalue weighted by Gasteiger charge is -2.27. The summed E-state index contributed by atoms with van der Waals surface area (Å²) in [5, 5.41) is 21.0. The molecule has 0 saturated heterocycles. The highest BCUT2D eigenvalue weighted by Gasteiger charge is 2.27. The lowest BCUT2D eigenvalue weighted by molar-refractivity contribution is 0.668. The molecule has 0 unspecified atom stereocenters. The van der Waals surface area contributed by atoms with Gasteiger partial charge in [-0.1, -0.05) is 182 Å². The average Bonchev–Trinajstić information content (AvgIpc) is 1.56. The fourth-order valence-corrected chi connectivity index (χ4v) is 15.4. The van der Waals surface area contributed by atoms with Crippen molar-refractivity contribution in [2.24, 2.45) is 0 Å². The Morgan fingerprint density at radius 3 is 0.978 bits per heavy atom. The first-order valence-corrected chi connectivity index (χ1v) is 31.5. The van der Waals surface area contributed by atoms with Gasteiger partial charge in [0, 0.05) is 100 Å². The minimum atomic E-state index is 0.815. The molecule has 0 atom stereocenters. The van der Waals surface area contributed by atoms with Crippen LogP contribution in [0.1, 0.15) is 0 Å². The zero-order chi connectivity index (χ0) is 60.1. The summed E-state index contributed by atoms with van der Waals surface area (Å²) < 4.78 is 18.9. The van der Waals surface area contributed by atoms with Gasteiger partial charge in [0.05, 0.1) is 33.4 Å². The highest BCUT2D eigenvalue weighted by Crippen LogP contribution is 2.51. The number of benzene rings is 16. The standard InChI is InChI=1S/C86H52N4O2/c1-5-23-57(24-6-1)87(75-51-77-85(69-35-19-17-33-65(69)75)83-63-31-15-13-21-53(63)37-43-73(83)89(77)59-27-9-3-10-28-59)61-39-41-67-71-45-55-48-80-72(46-56(55)47-79(71)91-81(67)49-61)68-42-40-62(50-82(68)92-80)88(58-25-7-2-8-26-58)76-52-78-86(70-36-20-18-34-66(70)76)84-64-32-16-14-22-54(64)38-44-74(84)90(78)60-29-11-4-12-30-60/h1-52H. The van der Waals surface area contributed by atoms with Crippen LogP contribution >= 0.6 is 0 Å². The summed E-state index contributed by atoms with van der Waals surface area (Å²) in [6.45, 7) is 0. The third-order valence-electron chi connectivity index (χ3n) is 19.3. The molecule has 20 rings (SSSR count). The van der Waals surface area contributed by atoms with Crippen molar-refractivity contribution in [2.45, 2.75) is 0 Å². The quantitative estimate of drug-likeness (QED) is 0.152. The zero-order valence-corrected chi connectivity index (χ0v) is 49.6. The van der Waals surface area contributed by atoms with E-state index in [1.54, 1.807) is 0 Å². The SMILES string of the molecule is c1ccc(N(c2ccc3c(c2)oc2cc4cc5c(cc4cc23)oc2cc(N(c3ccccc3)c3cc4c(c6ccccc36)c3c6ccccc6ccc3n4-c3ccccc3)ccc25)c2cc3c(c4ccccc24)c2c4ccccc4ccc2n3-c2ccccc2)cc1. The van der Waals surface area contributed by atoms with Crippen LogP contribution in [-0.2, 0) is 0 Å². The zero-order valence-electron chi connectivity index (χ0n) is 49.6. The van der Waals surface area contributed by atoms with Crippen molar-refractivity contribution in [3.63, 3.8) is 0 Å². The van der Waals surface area contributed by atoms with E-state index in [1.165, 1.54) is 64.9 Å². The van der Waals surface area contributed by atoms with Crippen molar-refractivity contribution in [3.8, 4) is 11.4 Å². The van der Waals surface area contributed by atoms with E-state index in [9.17, 15) is 0 Å². The molecule has 92 heavy (non-hydrogen) atoms. The van der Waals surface area contributed by atoms with E-state index in [0.29, 0.717) is 0 Å². The molecule has 0 aliphatic carbocycles. The van der Waals surface area contributed by atoms with Gasteiger partial charge in [-0.05, 0) is 164 Å². The fraction of sp³-hybridized carbons (Fsp3) is 0. The molecular weight excluding hydrogens is 1120 g/mol. The lowest BCUT2D eigenvalue weighted by Crippen LogP contribution is -2.10. The minimum Gasteiger partial charge on any atom is -0.456 e. The molecule has 0 aliphatic rings. The monoisotopic (exact) mass is 1170 g/mol. The van der Waals surface area contributed by atoms with E-state index in [4.69, 9.17) is 8.83 Å². The Morgan fingerprint density at radius 2 is 0.554 bits per heavy atom. The van der Waals surface area contributed by atoms with Crippen LogP contribution in [-0.4, -0.2) is 9.13 Å². The van der Waals surface area contributed by atoms with Gasteiger partial charge >= 0.3 is 0 Å². The number of para-hydroxylation sites is 4. The molecule has 0 bridgehead atoms. The van der Waals surface area contributed by atoms with E-state index >= 15 is 0 Å². The number of hydrogen-bond donors (Lipinski definition) is 0. The van der Waals surface area contributed by atoms with E-state index in [2.05, 4.69) is 334 Å². The molecule has 0 radical (unpaired) electrons. The van der Waals surface area contributed by atoms with Gasteiger partial charge in [-0.15, -0.1) is 0 Å². The van der Waals surface area contributed by atoms with Gasteiger partial charge in [0.25, 0.3) is 0 Å². The molecule has 0 spiro atoms. The lowest BCUT2D eigenvalue weighted by atomic mass is 9.98. The van der Waals surface area contributed by atoms with Crippen molar-refractivity contribution in [2.75, 3.05) is 9.80 Å². The third-order valence-corrected chi connectivity index (χ3v) is 19.3. The van der Waals surface area contributed by atoms with Gasteiger partial charge in [0.1, 0.15) is 22.3 Å². The number of anilines is 6. The molecule has 0 fully saturated rings. The number of hydrogen-bond acceptors (Lipinski definition) is 4. The maximum absolute atomic E-state index is 7.01. The molecule has 0 aliphatic heterocycles. The summed E-state index contributed by atoms with van der Waals surface area (Å²) in [5.74, 6) is 0. The smallest absolute Gasteiger partial charge is 0.137 e. The van der Waals surface area contributed by atoms with Crippen molar-refractivity contribution < 1.29 is 8.83 Å². The number of aromatic nitrogens is 2. The molecular formula is C86H52N4O2. The van der Waals surface area contributed by atoms with E-state index in [-0.39, 0.29) is 0 Å². The normalized spacial score (nSPS) is 12.1. The number of fused-ring (bicyclic) bond motifs is 21. The fourth-order valence-electron chi connectivity index (χ4n) is 15.4. The molecule has 4 aromatic heterocycles. The first kappa shape index (κ1) is 50.6. The van der Waals surface area contributed by atoms with Crippen molar-refractivity contribution >= 4 is 175 Å². The predicted molar refractivity (Wildman–Crippen MR) is 387 cm³/mol. The number of nitrogens with zero attached hydrogens (tertiary/aromatic N) is 4. The van der Waals surface area contributed by atoms with Gasteiger partial charge in [-0.2, -0.15) is 0 Å². The first-order valence-electron chi connectivity index (χ1n) is 31.5. The van der Waals surface area contributed by atoms with Crippen LogP contribution in [0.25, 0.3) is 153 Å². The van der Waals surface area contributed by atoms with E-state index in [1.807, 2.05) is 0 Å². The Morgan fingerprint density at radius 1 is 0.207 bits per heavy atom. The molecule has 6 heteroatoms. The Hall–Kier alpha value is -12.4. The molecule has 0 amide bonds. The largest absolute Gasteiger partial charge is 0.456 e. The summed E-state index contributed by atoms with van der Waals surface area (Å²) in [7, 11) is 0. The van der Waals surface area contributed by atoms with Crippen molar-refractivity contribution in [3.05, 3.63) is 315 Å². The number of rotatable bonds is 8. The highest BCUT2D eigenvalue weighted by molar-refractivity contribution is 6.32. The second-order valence-electron chi connectivity index (χ2n) is 24.3. The van der Waals surface area contributed by atoms with Crippen molar-refractivity contribution in [1.29, 1.82) is 0 Å². The van der Waals surface area contributed by atoms with Crippen LogP contribution in [0.3, 0.4) is 0 Å². The summed E-state index contributed by atoms with van der Waals surface area (Å²) in [5.41, 5.74) is 16.4. The molecule has 0 N–H and O–H groups in total. The van der Waals surface area contributed by atoms with Crippen LogP contribution in [0, 0.1) is 0 Å². The maximum atomic E-state index is 7.01. The van der Waals surface area contributed by atoms with Gasteiger partial charge < -0.3 is 27.8 Å². The molecule has 4 heterocycles. The van der Waals surface area contributed by atoms with Crippen LogP contribution in [0.2, 0.25) is 0 Å². The summed E-state index contributed by atoms with van der Waals surface area (Å²) in [6, 6.07) is 115. The number of furan rings is 2. The Bertz CT molecular complexity index is 6050. The van der Waals surface area contributed by atoms with Crippen LogP contribution in [0.5, 0.6) is 0 Å². The van der Waals surface area contributed by atoms with Gasteiger partial charge in [0.2, 0.25) is 0 Å². The Kier molecular flexibility index (Phi) is 10.8. The first-order chi connectivity index (χ1) is 45.6. The third kappa shape index (κ3) is 7.43. The highest BCUT2D eigenvalue weighted by atomic mass is 16.3. The summed E-state index contributed by atoms with van der Waals surface area (Å²) in [4.78, 5) is 4.79.